The average Bonchev–Trinajstić information content (AvgIpc) is 3.31. The van der Waals surface area contributed by atoms with Gasteiger partial charge in [0.15, 0.2) is 24.6 Å². The molecule has 0 spiro atoms. The molecule has 0 saturated carbocycles. The fraction of sp³-hybridized carbons (Fsp3) is 0.745. The Labute approximate surface area is 405 Å². The van der Waals surface area contributed by atoms with Crippen LogP contribution in [0, 0.1) is 0 Å². The van der Waals surface area contributed by atoms with Gasteiger partial charge in [-0.15, -0.1) is 0 Å². The van der Waals surface area contributed by atoms with Crippen molar-refractivity contribution in [1.29, 1.82) is 0 Å². The third kappa shape index (κ3) is 34.4. The minimum Gasteiger partial charge on any atom is -0.479 e. The SMILES string of the molecule is CC/C=C\C/C=C\C/C=C\C/C=C\CCCCC(=O)OC1C(OCC(COC(=O)CCCCCCC/C=C\CCCCCC)OC(=O)CCCCCCCCCCC)OC(C(=O)O)C(O)C1O. The number of hydrogen-bond donors (Lipinski definition) is 3. The largest absolute Gasteiger partial charge is 0.479 e. The van der Waals surface area contributed by atoms with Crippen molar-refractivity contribution >= 4 is 23.9 Å². The van der Waals surface area contributed by atoms with E-state index >= 15 is 0 Å². The number of aliphatic carboxylic acids is 1. The molecule has 0 aliphatic carbocycles. The molecule has 12 nitrogen and oxygen atoms in total. The van der Waals surface area contributed by atoms with Crippen LogP contribution in [0.2, 0.25) is 0 Å². The Morgan fingerprint density at radius 2 is 0.940 bits per heavy atom. The Balaban J connectivity index is 2.74. The van der Waals surface area contributed by atoms with Crippen molar-refractivity contribution in [3.05, 3.63) is 60.8 Å². The molecule has 0 amide bonds. The number of aliphatic hydroxyl groups is 2. The maximum atomic E-state index is 13.0. The maximum Gasteiger partial charge on any atom is 0.335 e. The number of unbranched alkanes of at least 4 members (excludes halogenated alkanes) is 19. The van der Waals surface area contributed by atoms with E-state index in [9.17, 15) is 34.5 Å². The molecule has 6 unspecified atom stereocenters. The lowest BCUT2D eigenvalue weighted by molar-refractivity contribution is -0.301. The van der Waals surface area contributed by atoms with Gasteiger partial charge in [0, 0.05) is 19.3 Å². The van der Waals surface area contributed by atoms with Gasteiger partial charge in [-0.25, -0.2) is 4.79 Å². The van der Waals surface area contributed by atoms with Gasteiger partial charge >= 0.3 is 23.9 Å². The first-order valence-electron chi connectivity index (χ1n) is 26.3. The third-order valence-electron chi connectivity index (χ3n) is 11.6. The number of esters is 3. The smallest absolute Gasteiger partial charge is 0.335 e. The quantitative estimate of drug-likeness (QED) is 0.0229. The highest BCUT2D eigenvalue weighted by Crippen LogP contribution is 2.26. The second-order valence-corrected chi connectivity index (χ2v) is 17.8. The maximum absolute atomic E-state index is 13.0. The zero-order valence-corrected chi connectivity index (χ0v) is 41.9. The first-order chi connectivity index (χ1) is 32.6. The van der Waals surface area contributed by atoms with E-state index in [1.54, 1.807) is 0 Å². The van der Waals surface area contributed by atoms with Crippen LogP contribution in [0.4, 0.5) is 0 Å². The molecule has 0 aromatic heterocycles. The summed E-state index contributed by atoms with van der Waals surface area (Å²) in [5.41, 5.74) is 0. The van der Waals surface area contributed by atoms with E-state index in [-0.39, 0.29) is 25.9 Å². The Morgan fingerprint density at radius 1 is 0.507 bits per heavy atom. The van der Waals surface area contributed by atoms with Gasteiger partial charge in [0.1, 0.15) is 18.8 Å². The Morgan fingerprint density at radius 3 is 1.49 bits per heavy atom. The van der Waals surface area contributed by atoms with Crippen LogP contribution < -0.4 is 0 Å². The number of rotatable bonds is 43. The van der Waals surface area contributed by atoms with Crippen molar-refractivity contribution < 1.29 is 58.2 Å². The summed E-state index contributed by atoms with van der Waals surface area (Å²) in [6.07, 6.45) is 39.3. The predicted octanol–water partition coefficient (Wildman–Crippen LogP) is 12.4. The number of hydrogen-bond acceptors (Lipinski definition) is 11. The van der Waals surface area contributed by atoms with Gasteiger partial charge in [-0.05, 0) is 83.5 Å². The molecule has 67 heavy (non-hydrogen) atoms. The van der Waals surface area contributed by atoms with Crippen LogP contribution in [-0.4, -0.2) is 89.2 Å². The average molecular weight is 945 g/mol. The molecule has 1 heterocycles. The summed E-state index contributed by atoms with van der Waals surface area (Å²) >= 11 is 0. The Hall–Kier alpha value is -3.58. The van der Waals surface area contributed by atoms with E-state index in [1.807, 2.05) is 0 Å². The van der Waals surface area contributed by atoms with E-state index in [1.165, 1.54) is 57.8 Å². The normalized spacial score (nSPS) is 19.3. The lowest BCUT2D eigenvalue weighted by Crippen LogP contribution is -2.61. The van der Waals surface area contributed by atoms with Gasteiger partial charge in [-0.2, -0.15) is 0 Å². The highest BCUT2D eigenvalue weighted by atomic mass is 16.7. The number of ether oxygens (including phenoxy) is 5. The summed E-state index contributed by atoms with van der Waals surface area (Å²) < 4.78 is 28.2. The van der Waals surface area contributed by atoms with E-state index < -0.39 is 67.3 Å². The Bertz CT molecular complexity index is 1400. The molecule has 0 bridgehead atoms. The van der Waals surface area contributed by atoms with E-state index in [4.69, 9.17) is 23.7 Å². The van der Waals surface area contributed by atoms with Gasteiger partial charge in [0.05, 0.1) is 6.61 Å². The van der Waals surface area contributed by atoms with Crippen molar-refractivity contribution in [2.45, 2.75) is 250 Å². The van der Waals surface area contributed by atoms with Crippen LogP contribution in [0.5, 0.6) is 0 Å². The van der Waals surface area contributed by atoms with Gasteiger partial charge in [-0.1, -0.05) is 171 Å². The summed E-state index contributed by atoms with van der Waals surface area (Å²) in [7, 11) is 0. The minimum atomic E-state index is -1.92. The predicted molar refractivity (Wildman–Crippen MR) is 266 cm³/mol. The first kappa shape index (κ1) is 61.4. The number of carboxylic acids is 1. The molecule has 1 saturated heterocycles. The molecular formula is C55H92O12. The fourth-order valence-electron chi connectivity index (χ4n) is 7.53. The third-order valence-corrected chi connectivity index (χ3v) is 11.6. The fourth-order valence-corrected chi connectivity index (χ4v) is 7.53. The first-order valence-corrected chi connectivity index (χ1v) is 26.3. The monoisotopic (exact) mass is 945 g/mol. The van der Waals surface area contributed by atoms with Gasteiger partial charge in [-0.3, -0.25) is 14.4 Å². The topological polar surface area (TPSA) is 175 Å². The zero-order chi connectivity index (χ0) is 49.0. The molecular weight excluding hydrogens is 853 g/mol. The molecule has 3 N–H and O–H groups in total. The van der Waals surface area contributed by atoms with Crippen molar-refractivity contribution in [3.63, 3.8) is 0 Å². The van der Waals surface area contributed by atoms with Crippen molar-refractivity contribution in [2.24, 2.45) is 0 Å². The molecule has 12 heteroatoms. The second kappa shape index (κ2) is 43.7. The summed E-state index contributed by atoms with van der Waals surface area (Å²) in [4.78, 5) is 50.7. The standard InChI is InChI=1S/C55H92O12/c1-4-7-10-13-16-19-21-23-24-26-28-31-34-37-40-43-49(58)66-53-51(60)50(59)52(54(61)62)67-55(53)64-45-46(65-48(57)42-39-36-33-29-18-15-12-9-6-3)44-63-47(56)41-38-35-32-30-27-25-22-20-17-14-11-8-5-2/h7,10,16,19-20,22-24,28,31,46,50-53,55,59-60H,4-6,8-9,11-15,17-18,21,25-27,29-30,32-45H2,1-3H3,(H,61,62)/b10-7-,19-16-,22-20-,24-23-,31-28-. The lowest BCUT2D eigenvalue weighted by atomic mass is 9.98. The van der Waals surface area contributed by atoms with Gasteiger partial charge in [0.25, 0.3) is 0 Å². The molecule has 1 rings (SSSR count). The minimum absolute atomic E-state index is 0.00750. The number of carboxylic acid groups (broad SMARTS) is 1. The molecule has 0 aromatic carbocycles. The highest BCUT2D eigenvalue weighted by molar-refractivity contribution is 5.74. The summed E-state index contributed by atoms with van der Waals surface area (Å²) in [6, 6.07) is 0. The molecule has 384 valence electrons. The molecule has 1 aliphatic heterocycles. The molecule has 0 radical (unpaired) electrons. The van der Waals surface area contributed by atoms with Crippen molar-refractivity contribution in [3.8, 4) is 0 Å². The van der Waals surface area contributed by atoms with Crippen LogP contribution in [0.3, 0.4) is 0 Å². The molecule has 0 aromatic rings. The molecule has 1 aliphatic rings. The van der Waals surface area contributed by atoms with Crippen LogP contribution in [0.25, 0.3) is 0 Å². The van der Waals surface area contributed by atoms with Gasteiger partial charge in [0.2, 0.25) is 0 Å². The van der Waals surface area contributed by atoms with Crippen molar-refractivity contribution in [1.82, 2.24) is 0 Å². The van der Waals surface area contributed by atoms with Gasteiger partial charge < -0.3 is 39.0 Å². The van der Waals surface area contributed by atoms with E-state index in [0.29, 0.717) is 25.7 Å². The number of aliphatic hydroxyl groups excluding tert-OH is 2. The molecule has 6 atom stereocenters. The zero-order valence-electron chi connectivity index (χ0n) is 41.9. The number of carbonyl (C=O) groups is 4. The molecule has 1 fully saturated rings. The number of allylic oxidation sites excluding steroid dienone is 10. The summed E-state index contributed by atoms with van der Waals surface area (Å²) in [5.74, 6) is -3.19. The van der Waals surface area contributed by atoms with Crippen LogP contribution >= 0.6 is 0 Å². The van der Waals surface area contributed by atoms with Crippen LogP contribution in [-0.2, 0) is 42.9 Å². The lowest BCUT2D eigenvalue weighted by Gasteiger charge is -2.40. The van der Waals surface area contributed by atoms with E-state index in [2.05, 4.69) is 81.5 Å². The highest BCUT2D eigenvalue weighted by Gasteiger charge is 2.50. The van der Waals surface area contributed by atoms with Crippen LogP contribution in [0.15, 0.2) is 60.8 Å². The summed E-state index contributed by atoms with van der Waals surface area (Å²) in [6.45, 7) is 5.78. The van der Waals surface area contributed by atoms with E-state index in [0.717, 1.165) is 89.9 Å². The Kier molecular flexibility index (Phi) is 40.1. The van der Waals surface area contributed by atoms with Crippen molar-refractivity contribution in [2.75, 3.05) is 13.2 Å². The summed E-state index contributed by atoms with van der Waals surface area (Å²) in [5, 5.41) is 31.3. The van der Waals surface area contributed by atoms with Crippen LogP contribution in [0.1, 0.15) is 213 Å². The number of carbonyl (C=O) groups excluding carboxylic acids is 3. The second-order valence-electron chi connectivity index (χ2n) is 17.8.